The molecule has 2 aliphatic heterocycles. The first-order chi connectivity index (χ1) is 8.84. The summed E-state index contributed by atoms with van der Waals surface area (Å²) in [5, 5.41) is 3.40. The molecule has 0 spiro atoms. The van der Waals surface area contributed by atoms with Crippen LogP contribution in [0.25, 0.3) is 0 Å². The van der Waals surface area contributed by atoms with Gasteiger partial charge in [0.25, 0.3) is 0 Å². The van der Waals surface area contributed by atoms with E-state index in [9.17, 15) is 4.79 Å². The van der Waals surface area contributed by atoms with Crippen molar-refractivity contribution >= 4 is 23.4 Å². The molecule has 3 rings (SSSR count). The van der Waals surface area contributed by atoms with Crippen molar-refractivity contribution in [2.45, 2.75) is 30.2 Å². The van der Waals surface area contributed by atoms with E-state index in [0.29, 0.717) is 12.5 Å². The summed E-state index contributed by atoms with van der Waals surface area (Å²) in [6.07, 6.45) is 2.97. The zero-order valence-electron chi connectivity index (χ0n) is 10.4. The van der Waals surface area contributed by atoms with E-state index in [1.54, 1.807) is 0 Å². The molecule has 1 unspecified atom stereocenters. The number of amides is 1. The van der Waals surface area contributed by atoms with E-state index in [2.05, 4.69) is 17.4 Å². The van der Waals surface area contributed by atoms with Crippen molar-refractivity contribution in [3.63, 3.8) is 0 Å². The molecule has 1 aromatic carbocycles. The van der Waals surface area contributed by atoms with Gasteiger partial charge in [0.05, 0.1) is 5.69 Å². The highest BCUT2D eigenvalue weighted by Crippen LogP contribution is 2.34. The smallest absolute Gasteiger partial charge is 0.228 e. The van der Waals surface area contributed by atoms with Crippen LogP contribution < -0.4 is 10.2 Å². The molecule has 96 valence electrons. The number of benzene rings is 1. The molecular weight excluding hydrogens is 244 g/mol. The van der Waals surface area contributed by atoms with Gasteiger partial charge < -0.3 is 10.2 Å². The Hall–Kier alpha value is -1.00. The summed E-state index contributed by atoms with van der Waals surface area (Å²) in [6, 6.07) is 8.60. The molecule has 1 saturated heterocycles. The van der Waals surface area contributed by atoms with E-state index in [-0.39, 0.29) is 5.91 Å². The topological polar surface area (TPSA) is 32.3 Å². The first-order valence-electron chi connectivity index (χ1n) is 6.60. The number of nitrogens with zero attached hydrogens (tertiary/aromatic N) is 1. The van der Waals surface area contributed by atoms with Crippen LogP contribution in [0.2, 0.25) is 0 Å². The molecule has 0 aliphatic carbocycles. The number of carbonyl (C=O) groups is 1. The largest absolute Gasteiger partial charge is 0.313 e. The first-order valence-corrected chi connectivity index (χ1v) is 7.59. The SMILES string of the molecule is O=C(CC1CCCN1)N1CCSc2ccccc21. The highest BCUT2D eigenvalue weighted by Gasteiger charge is 2.25. The number of rotatable bonds is 2. The zero-order chi connectivity index (χ0) is 12.4. The van der Waals surface area contributed by atoms with Crippen molar-refractivity contribution < 1.29 is 4.79 Å². The normalized spacial score (nSPS) is 22.9. The molecule has 0 radical (unpaired) electrons. The second-order valence-corrected chi connectivity index (χ2v) is 6.00. The van der Waals surface area contributed by atoms with Gasteiger partial charge >= 0.3 is 0 Å². The molecule has 1 amide bonds. The van der Waals surface area contributed by atoms with Crippen molar-refractivity contribution in [3.8, 4) is 0 Å². The highest BCUT2D eigenvalue weighted by atomic mass is 32.2. The molecule has 18 heavy (non-hydrogen) atoms. The lowest BCUT2D eigenvalue weighted by molar-refractivity contribution is -0.119. The number of nitrogens with one attached hydrogen (secondary N) is 1. The Morgan fingerprint density at radius 1 is 1.44 bits per heavy atom. The number of anilines is 1. The predicted octanol–water partition coefficient (Wildman–Crippen LogP) is 2.27. The van der Waals surface area contributed by atoms with Gasteiger partial charge in [0, 0.05) is 29.7 Å². The van der Waals surface area contributed by atoms with Crippen molar-refractivity contribution in [2.75, 3.05) is 23.7 Å². The molecule has 0 aromatic heterocycles. The van der Waals surface area contributed by atoms with Crippen molar-refractivity contribution in [3.05, 3.63) is 24.3 Å². The van der Waals surface area contributed by atoms with E-state index < -0.39 is 0 Å². The molecule has 1 aromatic rings. The molecular formula is C14H18N2OS. The molecule has 1 fully saturated rings. The fraction of sp³-hybridized carbons (Fsp3) is 0.500. The average Bonchev–Trinajstić information content (AvgIpc) is 2.91. The van der Waals surface area contributed by atoms with Crippen LogP contribution in [-0.2, 0) is 4.79 Å². The molecule has 0 saturated carbocycles. The van der Waals surface area contributed by atoms with E-state index in [1.165, 1.54) is 11.3 Å². The quantitative estimate of drug-likeness (QED) is 0.887. The van der Waals surface area contributed by atoms with Crippen LogP contribution in [0, 0.1) is 0 Å². The summed E-state index contributed by atoms with van der Waals surface area (Å²) < 4.78 is 0. The minimum Gasteiger partial charge on any atom is -0.313 e. The molecule has 2 heterocycles. The van der Waals surface area contributed by atoms with Crippen molar-refractivity contribution in [2.24, 2.45) is 0 Å². The molecule has 0 bridgehead atoms. The third-order valence-corrected chi connectivity index (χ3v) is 4.66. The van der Waals surface area contributed by atoms with Crippen LogP contribution in [0.15, 0.2) is 29.2 Å². The van der Waals surface area contributed by atoms with Gasteiger partial charge in [0.2, 0.25) is 5.91 Å². The van der Waals surface area contributed by atoms with Crippen LogP contribution in [0.3, 0.4) is 0 Å². The van der Waals surface area contributed by atoms with E-state index in [0.717, 1.165) is 31.0 Å². The Labute approximate surface area is 112 Å². The minimum absolute atomic E-state index is 0.266. The molecule has 4 heteroatoms. The number of para-hydroxylation sites is 1. The van der Waals surface area contributed by atoms with Gasteiger partial charge in [-0.05, 0) is 31.5 Å². The van der Waals surface area contributed by atoms with Gasteiger partial charge in [-0.25, -0.2) is 0 Å². The van der Waals surface area contributed by atoms with Crippen molar-refractivity contribution in [1.29, 1.82) is 0 Å². The van der Waals surface area contributed by atoms with Gasteiger partial charge in [0.1, 0.15) is 0 Å². The van der Waals surface area contributed by atoms with E-state index in [4.69, 9.17) is 0 Å². The average molecular weight is 262 g/mol. The molecule has 3 nitrogen and oxygen atoms in total. The number of hydrogen-bond donors (Lipinski definition) is 1. The third-order valence-electron chi connectivity index (χ3n) is 3.61. The maximum atomic E-state index is 12.4. The summed E-state index contributed by atoms with van der Waals surface area (Å²) in [5.74, 6) is 1.27. The van der Waals surface area contributed by atoms with Crippen LogP contribution in [-0.4, -0.2) is 30.8 Å². The standard InChI is InChI=1S/C14H18N2OS/c17-14(10-11-4-3-7-15-11)16-8-9-18-13-6-2-1-5-12(13)16/h1-2,5-6,11,15H,3-4,7-10H2. The van der Waals surface area contributed by atoms with Crippen LogP contribution in [0.5, 0.6) is 0 Å². The Bertz CT molecular complexity index is 443. The fourth-order valence-electron chi connectivity index (χ4n) is 2.68. The Balaban J connectivity index is 1.74. The Kier molecular flexibility index (Phi) is 3.57. The lowest BCUT2D eigenvalue weighted by Crippen LogP contribution is -2.39. The molecule has 1 atom stereocenters. The Morgan fingerprint density at radius 2 is 2.33 bits per heavy atom. The number of fused-ring (bicyclic) bond motifs is 1. The summed E-state index contributed by atoms with van der Waals surface area (Å²) in [7, 11) is 0. The highest BCUT2D eigenvalue weighted by molar-refractivity contribution is 7.99. The predicted molar refractivity (Wildman–Crippen MR) is 75.2 cm³/mol. The van der Waals surface area contributed by atoms with Crippen LogP contribution in [0.4, 0.5) is 5.69 Å². The monoisotopic (exact) mass is 262 g/mol. The van der Waals surface area contributed by atoms with E-state index in [1.807, 2.05) is 28.8 Å². The van der Waals surface area contributed by atoms with Crippen LogP contribution >= 0.6 is 11.8 Å². The van der Waals surface area contributed by atoms with Crippen LogP contribution in [0.1, 0.15) is 19.3 Å². The fourth-order valence-corrected chi connectivity index (χ4v) is 3.68. The van der Waals surface area contributed by atoms with Gasteiger partial charge in [-0.1, -0.05) is 12.1 Å². The van der Waals surface area contributed by atoms with Gasteiger partial charge in [0.15, 0.2) is 0 Å². The molecule has 2 aliphatic rings. The summed E-state index contributed by atoms with van der Waals surface area (Å²) in [6.45, 7) is 1.90. The van der Waals surface area contributed by atoms with Gasteiger partial charge in [-0.15, -0.1) is 11.8 Å². The zero-order valence-corrected chi connectivity index (χ0v) is 11.2. The summed E-state index contributed by atoms with van der Waals surface area (Å²) in [4.78, 5) is 15.6. The van der Waals surface area contributed by atoms with Gasteiger partial charge in [-0.3, -0.25) is 4.79 Å². The maximum Gasteiger partial charge on any atom is 0.228 e. The summed E-state index contributed by atoms with van der Waals surface area (Å²) in [5.41, 5.74) is 1.09. The second-order valence-electron chi connectivity index (χ2n) is 4.86. The third kappa shape index (κ3) is 2.40. The second kappa shape index (κ2) is 5.33. The summed E-state index contributed by atoms with van der Waals surface area (Å²) >= 11 is 1.84. The maximum absolute atomic E-state index is 12.4. The Morgan fingerprint density at radius 3 is 3.17 bits per heavy atom. The molecule has 1 N–H and O–H groups in total. The lowest BCUT2D eigenvalue weighted by atomic mass is 10.1. The lowest BCUT2D eigenvalue weighted by Gasteiger charge is -2.29. The van der Waals surface area contributed by atoms with Gasteiger partial charge in [-0.2, -0.15) is 0 Å². The van der Waals surface area contributed by atoms with E-state index >= 15 is 0 Å². The number of carbonyl (C=O) groups excluding carboxylic acids is 1. The number of hydrogen-bond acceptors (Lipinski definition) is 3. The minimum atomic E-state index is 0.266. The first kappa shape index (κ1) is 12.1. The number of thioether (sulfide) groups is 1. The van der Waals surface area contributed by atoms with Crippen molar-refractivity contribution in [1.82, 2.24) is 5.32 Å².